The Bertz CT molecular complexity index is 169. The van der Waals surface area contributed by atoms with Gasteiger partial charge in [-0.1, -0.05) is 0 Å². The molecule has 0 aromatic carbocycles. The van der Waals surface area contributed by atoms with Gasteiger partial charge in [0.15, 0.2) is 0 Å². The fourth-order valence-electron chi connectivity index (χ4n) is 0.378. The van der Waals surface area contributed by atoms with Crippen LogP contribution in [0, 0.1) is 0 Å². The molecule has 0 aromatic heterocycles. The third kappa shape index (κ3) is 10.2. The molecule has 4 N–H and O–H groups in total. The third-order valence-electron chi connectivity index (χ3n) is 0.714. The number of hydrogen-bond donors (Lipinski definition) is 3. The first-order valence-electron chi connectivity index (χ1n) is 2.94. The van der Waals surface area contributed by atoms with Crippen LogP contribution in [0.2, 0.25) is 0 Å². The zero-order chi connectivity index (χ0) is 8.74. The molecule has 0 aromatic rings. The molecular weight excluding hydrogens is 187 g/mol. The van der Waals surface area contributed by atoms with Crippen LogP contribution in [0.5, 0.6) is 0 Å². The lowest BCUT2D eigenvalue weighted by molar-refractivity contribution is 0.259. The molecule has 0 fully saturated rings. The lowest BCUT2D eigenvalue weighted by atomic mass is 10.7. The van der Waals surface area contributed by atoms with Gasteiger partial charge in [-0.3, -0.25) is 4.99 Å². The van der Waals surface area contributed by atoms with E-state index in [1.807, 2.05) is 0 Å². The largest absolute Gasteiger partial charge is 0.326 e. The zero-order valence-electron chi connectivity index (χ0n) is 5.88. The van der Waals surface area contributed by atoms with E-state index in [-0.39, 0.29) is 6.61 Å². The molecule has 5 nitrogen and oxygen atoms in total. The van der Waals surface area contributed by atoms with E-state index in [4.69, 9.17) is 15.5 Å². The summed E-state index contributed by atoms with van der Waals surface area (Å²) in [7, 11) is 0. The molecule has 11 heavy (non-hydrogen) atoms. The Balaban J connectivity index is 3.29. The second-order valence-electron chi connectivity index (χ2n) is 1.65. The van der Waals surface area contributed by atoms with Crippen molar-refractivity contribution in [2.75, 3.05) is 19.7 Å². The summed E-state index contributed by atoms with van der Waals surface area (Å²) in [6.45, 7) is -2.66. The lowest BCUT2D eigenvalue weighted by Crippen LogP contribution is -2.01. The molecule has 0 aliphatic rings. The van der Waals surface area contributed by atoms with Crippen molar-refractivity contribution in [3.8, 4) is 0 Å². The van der Waals surface area contributed by atoms with Gasteiger partial charge >= 0.3 is 6.72 Å². The number of hydrogen-bond acceptors (Lipinski definition) is 4. The Hall–Kier alpha value is 0.160. The van der Waals surface area contributed by atoms with E-state index in [0.29, 0.717) is 13.1 Å². The van der Waals surface area contributed by atoms with Crippen molar-refractivity contribution >= 4 is 24.7 Å². The molecule has 0 spiro atoms. The first-order valence-corrected chi connectivity index (χ1v) is 5.57. The van der Waals surface area contributed by atoms with E-state index >= 15 is 0 Å². The van der Waals surface area contributed by atoms with Gasteiger partial charge in [0, 0.05) is 12.8 Å². The van der Waals surface area contributed by atoms with Crippen LogP contribution in [0.1, 0.15) is 0 Å². The van der Waals surface area contributed by atoms with Crippen LogP contribution >= 0.6 is 6.72 Å². The van der Waals surface area contributed by atoms with Crippen LogP contribution in [-0.2, 0) is 16.3 Å². The van der Waals surface area contributed by atoms with Crippen molar-refractivity contribution in [2.24, 2.45) is 10.7 Å². The first-order chi connectivity index (χ1) is 5.06. The molecule has 0 amide bonds. The van der Waals surface area contributed by atoms with Gasteiger partial charge in [-0.05, 0) is 11.8 Å². The number of rotatable bonds is 5. The van der Waals surface area contributed by atoms with Gasteiger partial charge in [0.05, 0.1) is 13.2 Å². The Morgan fingerprint density at radius 1 is 1.64 bits per heavy atom. The van der Waals surface area contributed by atoms with Crippen molar-refractivity contribution in [3.05, 3.63) is 0 Å². The molecule has 0 radical (unpaired) electrons. The van der Waals surface area contributed by atoms with E-state index in [1.54, 1.807) is 0 Å². The maximum Gasteiger partial charge on any atom is 0.321 e. The summed E-state index contributed by atoms with van der Waals surface area (Å²) in [5, 5.41) is 0. The summed E-state index contributed by atoms with van der Waals surface area (Å²) in [5.41, 5.74) is 5.09. The predicted molar refractivity (Wildman–Crippen MR) is 47.1 cm³/mol. The Kier molecular flexibility index (Phi) is 5.85. The maximum absolute atomic E-state index is 8.56. The number of nitrogens with zero attached hydrogens (tertiary/aromatic N) is 1. The second kappa shape index (κ2) is 5.77. The Labute approximate surface area is 70.2 Å². The van der Waals surface area contributed by atoms with Gasteiger partial charge in [-0.15, -0.1) is 0 Å². The van der Waals surface area contributed by atoms with Gasteiger partial charge < -0.3 is 20.0 Å². The summed E-state index contributed by atoms with van der Waals surface area (Å²) in [4.78, 5) is 20.9. The smallest absolute Gasteiger partial charge is 0.321 e. The summed E-state index contributed by atoms with van der Waals surface area (Å²) in [6, 6.07) is 0. The highest BCUT2D eigenvalue weighted by molar-refractivity contribution is 8.06. The molecule has 0 saturated carbocycles. The van der Waals surface area contributed by atoms with Gasteiger partial charge in [-0.2, -0.15) is 0 Å². The molecule has 0 bridgehead atoms. The second-order valence-corrected chi connectivity index (χ2v) is 4.31. The van der Waals surface area contributed by atoms with Crippen molar-refractivity contribution in [3.63, 3.8) is 0 Å². The van der Waals surface area contributed by atoms with Crippen molar-refractivity contribution in [1.29, 1.82) is 0 Å². The molecule has 0 saturated heterocycles. The van der Waals surface area contributed by atoms with Crippen LogP contribution in [0.4, 0.5) is 0 Å². The van der Waals surface area contributed by atoms with Gasteiger partial charge in [-0.25, -0.2) is 0 Å². The predicted octanol–water partition coefficient (Wildman–Crippen LogP) is -0.758. The van der Waals surface area contributed by atoms with Crippen LogP contribution < -0.4 is 5.73 Å². The monoisotopic (exact) mass is 198 g/mol. The van der Waals surface area contributed by atoms with Crippen LogP contribution in [0.15, 0.2) is 4.99 Å². The summed E-state index contributed by atoms with van der Waals surface area (Å²) >= 11 is 4.19. The topological polar surface area (TPSA) is 88.1 Å². The molecule has 66 valence electrons. The Morgan fingerprint density at radius 3 is 2.73 bits per heavy atom. The zero-order valence-corrected chi connectivity index (χ0v) is 7.59. The van der Waals surface area contributed by atoms with Crippen LogP contribution in [-0.4, -0.2) is 35.7 Å². The first kappa shape index (κ1) is 11.2. The van der Waals surface area contributed by atoms with Crippen LogP contribution in [0.3, 0.4) is 0 Å². The molecule has 0 aliphatic carbocycles. The third-order valence-corrected chi connectivity index (χ3v) is 1.55. The highest BCUT2D eigenvalue weighted by Crippen LogP contribution is 2.35. The minimum atomic E-state index is -3.49. The quantitative estimate of drug-likeness (QED) is 0.307. The summed E-state index contributed by atoms with van der Waals surface area (Å²) in [6.07, 6.45) is 1.52. The lowest BCUT2D eigenvalue weighted by Gasteiger charge is -2.05. The average Bonchev–Trinajstić information content (AvgIpc) is 1.85. The number of nitrogens with two attached hydrogens (primary N) is 1. The van der Waals surface area contributed by atoms with Crippen molar-refractivity contribution in [1.82, 2.24) is 0 Å². The van der Waals surface area contributed by atoms with Gasteiger partial charge in [0.1, 0.15) is 0 Å². The highest BCUT2D eigenvalue weighted by Gasteiger charge is 2.05. The Morgan fingerprint density at radius 2 is 2.27 bits per heavy atom. The minimum absolute atomic E-state index is 0.112. The molecule has 0 atom stereocenters. The standard InChI is InChI=1S/C4H11N2O3PS/c5-1-2-6-3-4-9-10(7,8)11/h2H,1,3-5H2,(H2,7,8,11). The normalized spacial score (nSPS) is 12.6. The van der Waals surface area contributed by atoms with Gasteiger partial charge in [0.25, 0.3) is 0 Å². The number of aliphatic imine (C=N–C) groups is 1. The molecule has 0 rings (SSSR count). The van der Waals surface area contributed by atoms with E-state index in [1.165, 1.54) is 6.21 Å². The molecule has 7 heteroatoms. The summed E-state index contributed by atoms with van der Waals surface area (Å²) in [5.74, 6) is 0. The van der Waals surface area contributed by atoms with Crippen molar-refractivity contribution < 1.29 is 14.3 Å². The summed E-state index contributed by atoms with van der Waals surface area (Å²) < 4.78 is 4.46. The van der Waals surface area contributed by atoms with E-state index in [2.05, 4.69) is 21.3 Å². The molecule has 0 heterocycles. The van der Waals surface area contributed by atoms with E-state index < -0.39 is 6.72 Å². The van der Waals surface area contributed by atoms with Crippen molar-refractivity contribution in [2.45, 2.75) is 0 Å². The molecular formula is C4H11N2O3PS. The van der Waals surface area contributed by atoms with Gasteiger partial charge in [0.2, 0.25) is 0 Å². The molecule has 0 unspecified atom stereocenters. The van der Waals surface area contributed by atoms with E-state index in [9.17, 15) is 0 Å². The molecule has 0 aliphatic heterocycles. The fourth-order valence-corrected chi connectivity index (χ4v) is 0.921. The fraction of sp³-hybridized carbons (Fsp3) is 0.750. The van der Waals surface area contributed by atoms with Crippen LogP contribution in [0.25, 0.3) is 0 Å². The highest BCUT2D eigenvalue weighted by atomic mass is 32.5. The van der Waals surface area contributed by atoms with E-state index in [0.717, 1.165) is 0 Å². The SMILES string of the molecule is NCC=NCCOP(O)(O)=S. The minimum Gasteiger partial charge on any atom is -0.326 e. The maximum atomic E-state index is 8.56. The average molecular weight is 198 g/mol.